The molecule has 1 aliphatic carbocycles. The summed E-state index contributed by atoms with van der Waals surface area (Å²) in [6.45, 7) is 0. The van der Waals surface area contributed by atoms with Crippen LogP contribution in [0.15, 0.2) is 28.7 Å². The minimum Gasteiger partial charge on any atom is -0.457 e. The van der Waals surface area contributed by atoms with E-state index in [-0.39, 0.29) is 0 Å². The SMILES string of the molecule is OC(c1cc2cccc(Cl)c2o1)C1CC1. The molecule has 1 unspecified atom stereocenters. The van der Waals surface area contributed by atoms with Crippen LogP contribution in [0.25, 0.3) is 11.0 Å². The van der Waals surface area contributed by atoms with Crippen LogP contribution in [0.1, 0.15) is 24.7 Å². The Labute approximate surface area is 92.5 Å². The minimum atomic E-state index is -0.464. The molecule has 1 aromatic heterocycles. The van der Waals surface area contributed by atoms with Crippen molar-refractivity contribution in [2.75, 3.05) is 0 Å². The van der Waals surface area contributed by atoms with Gasteiger partial charge in [-0.05, 0) is 30.9 Å². The van der Waals surface area contributed by atoms with Gasteiger partial charge >= 0.3 is 0 Å². The van der Waals surface area contributed by atoms with E-state index >= 15 is 0 Å². The Bertz CT molecular complexity index is 499. The molecule has 0 saturated heterocycles. The molecule has 1 aromatic carbocycles. The van der Waals surface area contributed by atoms with Gasteiger partial charge in [0.1, 0.15) is 11.9 Å². The van der Waals surface area contributed by atoms with Gasteiger partial charge in [-0.2, -0.15) is 0 Å². The van der Waals surface area contributed by atoms with Gasteiger partial charge in [0.25, 0.3) is 0 Å². The molecule has 0 radical (unpaired) electrons. The van der Waals surface area contributed by atoms with Crippen LogP contribution in [0.3, 0.4) is 0 Å². The summed E-state index contributed by atoms with van der Waals surface area (Å²) in [6.07, 6.45) is 1.71. The first-order valence-corrected chi connectivity index (χ1v) is 5.49. The Morgan fingerprint density at radius 3 is 2.87 bits per heavy atom. The number of hydrogen-bond donors (Lipinski definition) is 1. The van der Waals surface area contributed by atoms with Crippen LogP contribution in [0.5, 0.6) is 0 Å². The van der Waals surface area contributed by atoms with E-state index in [1.807, 2.05) is 18.2 Å². The number of benzene rings is 1. The monoisotopic (exact) mass is 222 g/mol. The fourth-order valence-electron chi connectivity index (χ4n) is 1.84. The van der Waals surface area contributed by atoms with Gasteiger partial charge in [-0.15, -0.1) is 0 Å². The smallest absolute Gasteiger partial charge is 0.152 e. The quantitative estimate of drug-likeness (QED) is 0.843. The van der Waals surface area contributed by atoms with Gasteiger partial charge in [0, 0.05) is 5.39 Å². The van der Waals surface area contributed by atoms with Crippen molar-refractivity contribution in [1.82, 2.24) is 0 Å². The molecule has 1 fully saturated rings. The Kier molecular flexibility index (Phi) is 2.01. The molecule has 0 bridgehead atoms. The summed E-state index contributed by atoms with van der Waals surface area (Å²) < 4.78 is 5.58. The normalized spacial score (nSPS) is 18.3. The van der Waals surface area contributed by atoms with Crippen molar-refractivity contribution in [1.29, 1.82) is 0 Å². The molecule has 1 heterocycles. The van der Waals surface area contributed by atoms with Crippen molar-refractivity contribution in [2.24, 2.45) is 5.92 Å². The Balaban J connectivity index is 2.09. The fourth-order valence-corrected chi connectivity index (χ4v) is 2.06. The van der Waals surface area contributed by atoms with Crippen LogP contribution < -0.4 is 0 Å². The third kappa shape index (κ3) is 1.54. The van der Waals surface area contributed by atoms with Gasteiger partial charge in [-0.3, -0.25) is 0 Å². The van der Waals surface area contributed by atoms with Crippen LogP contribution in [0.2, 0.25) is 5.02 Å². The molecule has 78 valence electrons. The number of fused-ring (bicyclic) bond motifs is 1. The second kappa shape index (κ2) is 3.26. The van der Waals surface area contributed by atoms with Gasteiger partial charge in [-0.1, -0.05) is 23.7 Å². The second-order valence-electron chi connectivity index (χ2n) is 4.09. The Hall–Kier alpha value is -0.990. The maximum atomic E-state index is 9.92. The highest BCUT2D eigenvalue weighted by Crippen LogP contribution is 2.42. The molecule has 0 aliphatic heterocycles. The van der Waals surface area contributed by atoms with Gasteiger partial charge in [0.05, 0.1) is 5.02 Å². The molecular weight excluding hydrogens is 212 g/mol. The third-order valence-electron chi connectivity index (χ3n) is 2.88. The van der Waals surface area contributed by atoms with E-state index in [4.69, 9.17) is 16.0 Å². The lowest BCUT2D eigenvalue weighted by Gasteiger charge is -2.03. The van der Waals surface area contributed by atoms with Crippen LogP contribution >= 0.6 is 11.6 Å². The second-order valence-corrected chi connectivity index (χ2v) is 4.50. The summed E-state index contributed by atoms with van der Waals surface area (Å²) in [5, 5.41) is 11.5. The molecule has 0 amide bonds. The largest absolute Gasteiger partial charge is 0.457 e. The zero-order valence-electron chi connectivity index (χ0n) is 8.11. The van der Waals surface area contributed by atoms with E-state index in [2.05, 4.69) is 0 Å². The minimum absolute atomic E-state index is 0.379. The van der Waals surface area contributed by atoms with Gasteiger partial charge in [0.2, 0.25) is 0 Å². The van der Waals surface area contributed by atoms with E-state index in [9.17, 15) is 5.11 Å². The fraction of sp³-hybridized carbons (Fsp3) is 0.333. The topological polar surface area (TPSA) is 33.4 Å². The summed E-state index contributed by atoms with van der Waals surface area (Å²) in [6, 6.07) is 7.49. The van der Waals surface area contributed by atoms with Crippen LogP contribution in [0.4, 0.5) is 0 Å². The van der Waals surface area contributed by atoms with E-state index < -0.39 is 6.10 Å². The van der Waals surface area contributed by atoms with Crippen molar-refractivity contribution < 1.29 is 9.52 Å². The average Bonchev–Trinajstić information content (AvgIpc) is 2.97. The van der Waals surface area contributed by atoms with Crippen LogP contribution in [-0.4, -0.2) is 5.11 Å². The van der Waals surface area contributed by atoms with Gasteiger partial charge < -0.3 is 9.52 Å². The molecule has 2 nitrogen and oxygen atoms in total. The molecule has 0 spiro atoms. The lowest BCUT2D eigenvalue weighted by atomic mass is 10.1. The standard InChI is InChI=1S/C12H11ClO2/c13-9-3-1-2-8-6-10(15-12(8)9)11(14)7-4-5-7/h1-3,6-7,11,14H,4-5H2. The summed E-state index contributed by atoms with van der Waals surface area (Å²) in [5.74, 6) is 1.02. The van der Waals surface area contributed by atoms with Crippen molar-refractivity contribution >= 4 is 22.6 Å². The number of para-hydroxylation sites is 1. The van der Waals surface area contributed by atoms with Gasteiger partial charge in [0.15, 0.2) is 5.58 Å². The summed E-state index contributed by atoms with van der Waals surface area (Å²) >= 11 is 5.99. The molecule has 15 heavy (non-hydrogen) atoms. The number of halogens is 1. The Morgan fingerprint density at radius 2 is 2.20 bits per heavy atom. The highest BCUT2D eigenvalue weighted by Gasteiger charge is 2.33. The first-order valence-electron chi connectivity index (χ1n) is 5.12. The molecule has 2 aromatic rings. The lowest BCUT2D eigenvalue weighted by Crippen LogP contribution is -1.96. The number of aliphatic hydroxyl groups is 1. The molecule has 1 aliphatic rings. The molecular formula is C12H11ClO2. The maximum absolute atomic E-state index is 9.92. The molecule has 1 atom stereocenters. The number of aliphatic hydroxyl groups excluding tert-OH is 1. The Morgan fingerprint density at radius 1 is 1.40 bits per heavy atom. The van der Waals surface area contributed by atoms with Crippen LogP contribution in [-0.2, 0) is 0 Å². The highest BCUT2D eigenvalue weighted by molar-refractivity contribution is 6.34. The zero-order chi connectivity index (χ0) is 10.4. The van der Waals surface area contributed by atoms with E-state index in [0.29, 0.717) is 22.3 Å². The summed E-state index contributed by atoms with van der Waals surface area (Å²) in [7, 11) is 0. The van der Waals surface area contributed by atoms with Gasteiger partial charge in [-0.25, -0.2) is 0 Å². The molecule has 1 N–H and O–H groups in total. The number of hydrogen-bond acceptors (Lipinski definition) is 2. The first kappa shape index (κ1) is 9.25. The van der Waals surface area contributed by atoms with Crippen molar-refractivity contribution in [3.8, 4) is 0 Å². The number of furan rings is 1. The molecule has 1 saturated carbocycles. The van der Waals surface area contributed by atoms with Crippen molar-refractivity contribution in [2.45, 2.75) is 18.9 Å². The first-order chi connectivity index (χ1) is 7.25. The van der Waals surface area contributed by atoms with Crippen molar-refractivity contribution in [3.63, 3.8) is 0 Å². The zero-order valence-corrected chi connectivity index (χ0v) is 8.87. The summed E-state index contributed by atoms with van der Waals surface area (Å²) in [4.78, 5) is 0. The molecule has 3 heteroatoms. The highest BCUT2D eigenvalue weighted by atomic mass is 35.5. The van der Waals surface area contributed by atoms with E-state index in [0.717, 1.165) is 18.2 Å². The third-order valence-corrected chi connectivity index (χ3v) is 3.17. The van der Waals surface area contributed by atoms with Crippen LogP contribution in [0, 0.1) is 5.92 Å². The van der Waals surface area contributed by atoms with Crippen molar-refractivity contribution in [3.05, 3.63) is 35.0 Å². The average molecular weight is 223 g/mol. The molecule has 3 rings (SSSR count). The number of rotatable bonds is 2. The predicted octanol–water partition coefficient (Wildman–Crippen LogP) is 3.53. The summed E-state index contributed by atoms with van der Waals surface area (Å²) in [5.41, 5.74) is 0.675. The maximum Gasteiger partial charge on any atom is 0.152 e. The van der Waals surface area contributed by atoms with E-state index in [1.54, 1.807) is 6.07 Å². The predicted molar refractivity (Wildman–Crippen MR) is 58.9 cm³/mol. The lowest BCUT2D eigenvalue weighted by molar-refractivity contribution is 0.129. The van der Waals surface area contributed by atoms with E-state index in [1.165, 1.54) is 0 Å².